The van der Waals surface area contributed by atoms with Gasteiger partial charge in [0, 0.05) is 48.9 Å². The number of carbonyl (C=O) groups excluding carboxylic acids is 5. The van der Waals surface area contributed by atoms with Gasteiger partial charge in [0.2, 0.25) is 11.9 Å². The average molecular weight is 900 g/mol. The zero-order chi connectivity index (χ0) is 44.4. The zero-order valence-electron chi connectivity index (χ0n) is 31.6. The van der Waals surface area contributed by atoms with Crippen LogP contribution in [0.1, 0.15) is 54.4 Å². The molecule has 6 rings (SSSR count). The van der Waals surface area contributed by atoms with Crippen molar-refractivity contribution >= 4 is 99.1 Å². The molecule has 1 saturated heterocycles. The Bertz CT molecular complexity index is 2590. The molecular weight excluding hydrogens is 871 g/mol. The van der Waals surface area contributed by atoms with Crippen LogP contribution >= 0.6 is 34.9 Å². The second kappa shape index (κ2) is 17.6. The summed E-state index contributed by atoms with van der Waals surface area (Å²) in [6.07, 6.45) is -2.13. The second-order valence-corrected chi connectivity index (χ2v) is 15.5. The van der Waals surface area contributed by atoms with E-state index in [1.54, 1.807) is 13.0 Å². The number of thiazole rings is 1. The van der Waals surface area contributed by atoms with E-state index >= 15 is 0 Å². The Hall–Kier alpha value is -7.13. The summed E-state index contributed by atoms with van der Waals surface area (Å²) in [6.45, 7) is 4.64. The van der Waals surface area contributed by atoms with Crippen LogP contribution in [0.4, 0.5) is 5.13 Å². The highest BCUT2D eigenvalue weighted by Crippen LogP contribution is 2.43. The number of hydrogen-bond acceptors (Lipinski definition) is 21. The average Bonchev–Trinajstić information content (AvgIpc) is 3.80. The molecular formula is C34H29N9O15S3. The highest BCUT2D eigenvalue weighted by Gasteiger charge is 2.54. The Morgan fingerprint density at radius 1 is 0.967 bits per heavy atom. The van der Waals surface area contributed by atoms with Gasteiger partial charge >= 0.3 is 35.8 Å². The minimum absolute atomic E-state index is 0.0192. The number of oxime groups is 1. The molecule has 4 aromatic rings. The van der Waals surface area contributed by atoms with E-state index in [9.17, 15) is 53.7 Å². The lowest BCUT2D eigenvalue weighted by molar-refractivity contribution is -0.151. The lowest BCUT2D eigenvalue weighted by atomic mass is 10.0. The van der Waals surface area contributed by atoms with Crippen LogP contribution in [-0.4, -0.2) is 121 Å². The Labute approximate surface area is 353 Å². The first-order valence-electron chi connectivity index (χ1n) is 17.0. The number of amides is 2. The summed E-state index contributed by atoms with van der Waals surface area (Å²) in [7, 11) is 0. The molecule has 0 saturated carbocycles. The highest BCUT2D eigenvalue weighted by atomic mass is 32.2. The van der Waals surface area contributed by atoms with Crippen molar-refractivity contribution in [3.8, 4) is 17.2 Å². The molecule has 0 aliphatic carbocycles. The minimum atomic E-state index is -2.13. The minimum Gasteiger partial charge on any atom is -0.478 e. The van der Waals surface area contributed by atoms with E-state index in [1.165, 1.54) is 9.90 Å². The fourth-order valence-electron chi connectivity index (χ4n) is 5.72. The number of nitrogens with two attached hydrogens (primary N) is 1. The van der Waals surface area contributed by atoms with Gasteiger partial charge in [-0.3, -0.25) is 28.9 Å². The van der Waals surface area contributed by atoms with Crippen molar-refractivity contribution in [3.05, 3.63) is 57.6 Å². The lowest BCUT2D eigenvalue weighted by Crippen LogP contribution is -2.71. The Morgan fingerprint density at radius 2 is 1.62 bits per heavy atom. The third-order valence-corrected chi connectivity index (χ3v) is 11.2. The number of nitrogens with zero attached hydrogens (tertiary/aromatic N) is 7. The second-order valence-electron chi connectivity index (χ2n) is 12.6. The molecule has 61 heavy (non-hydrogen) atoms. The third-order valence-electron chi connectivity index (χ3n) is 8.08. The summed E-state index contributed by atoms with van der Waals surface area (Å²) in [4.78, 5) is 118. The number of nitrogens with one attached hydrogen (secondary N) is 1. The quantitative estimate of drug-likeness (QED) is 0.0211. The van der Waals surface area contributed by atoms with Crippen LogP contribution in [0.3, 0.4) is 0 Å². The molecule has 6 N–H and O–H groups in total. The predicted molar refractivity (Wildman–Crippen MR) is 208 cm³/mol. The van der Waals surface area contributed by atoms with Gasteiger partial charge in [-0.25, -0.2) is 24.4 Å². The number of ether oxygens (including phenoxy) is 3. The fraction of sp³-hybridized carbons (Fsp3) is 0.265. The molecule has 0 bridgehead atoms. The Kier molecular flexibility index (Phi) is 12.5. The molecule has 0 spiro atoms. The normalized spacial score (nSPS) is 16.6. The van der Waals surface area contributed by atoms with E-state index in [4.69, 9.17) is 24.8 Å². The summed E-state index contributed by atoms with van der Waals surface area (Å²) < 4.78 is 16.5. The van der Waals surface area contributed by atoms with Crippen molar-refractivity contribution in [1.82, 2.24) is 34.8 Å². The summed E-state index contributed by atoms with van der Waals surface area (Å²) >= 11 is 3.13. The molecule has 27 heteroatoms. The maximum absolute atomic E-state index is 13.8. The van der Waals surface area contributed by atoms with Gasteiger partial charge in [-0.15, -0.1) is 40.0 Å². The number of β-lactam (4-membered cyclic amide) rings is 1. The van der Waals surface area contributed by atoms with E-state index in [0.717, 1.165) is 72.7 Å². The molecule has 5 heterocycles. The van der Waals surface area contributed by atoms with E-state index in [2.05, 4.69) is 30.5 Å². The molecule has 2 aliphatic heterocycles. The number of aliphatic carboxylic acids is 2. The van der Waals surface area contributed by atoms with Gasteiger partial charge in [-0.1, -0.05) is 5.16 Å². The number of thioether (sulfide) groups is 2. The number of anilines is 1. The van der Waals surface area contributed by atoms with Crippen LogP contribution in [0.15, 0.2) is 45.0 Å². The van der Waals surface area contributed by atoms with Crippen LogP contribution in [0, 0.1) is 6.92 Å². The number of fused-ring (bicyclic) bond motifs is 2. The first kappa shape index (κ1) is 43.4. The van der Waals surface area contributed by atoms with E-state index in [-0.39, 0.29) is 39.4 Å². The summed E-state index contributed by atoms with van der Waals surface area (Å²) in [5.74, 6) is -11.2. The lowest BCUT2D eigenvalue weighted by Gasteiger charge is -2.49. The van der Waals surface area contributed by atoms with Gasteiger partial charge in [0.05, 0.1) is 0 Å². The molecule has 2 aliphatic rings. The third kappa shape index (κ3) is 9.36. The number of hydrogen-bond donors (Lipinski definition) is 5. The van der Waals surface area contributed by atoms with Crippen molar-refractivity contribution < 1.29 is 72.7 Å². The van der Waals surface area contributed by atoms with E-state index < -0.39 is 93.9 Å². The largest absolute Gasteiger partial charge is 0.478 e. The number of aryl methyl sites for hydroxylation is 1. The van der Waals surface area contributed by atoms with Crippen LogP contribution in [-0.2, 0) is 38.4 Å². The highest BCUT2D eigenvalue weighted by molar-refractivity contribution is 8.01. The molecule has 0 unspecified atom stereocenters. The molecule has 2 amide bonds. The van der Waals surface area contributed by atoms with Crippen LogP contribution in [0.2, 0.25) is 0 Å². The summed E-state index contributed by atoms with van der Waals surface area (Å²) in [5, 5.41) is 40.7. The van der Waals surface area contributed by atoms with E-state index in [1.807, 2.05) is 0 Å². The SMILES string of the molecule is CC(=O)Oc1cc([C@H](ON=C(C(=O)N[C@@H]2C(=O)N3C(C(=O)O)=C(CSc4cc(C)nc5nc(C(=O)O)nn45)CS[C@H]23)c2csc(N)n2)C(=O)O)cc(OC(C)=O)c1OC(C)=O. The maximum atomic E-state index is 13.8. The molecule has 1 aromatic carbocycles. The first-order valence-corrected chi connectivity index (χ1v) is 20.0. The van der Waals surface area contributed by atoms with Gasteiger partial charge < -0.3 is 45.4 Å². The van der Waals surface area contributed by atoms with Gasteiger partial charge in [0.15, 0.2) is 22.3 Å². The van der Waals surface area contributed by atoms with E-state index in [0.29, 0.717) is 16.3 Å². The van der Waals surface area contributed by atoms with Gasteiger partial charge in [0.25, 0.3) is 23.4 Å². The van der Waals surface area contributed by atoms with Gasteiger partial charge in [-0.2, -0.15) is 9.50 Å². The standard InChI is InChI=1S/C34H29N9O15S3/c1-11-5-20(43-34(36-11)39-26(40-43)32(53)54)59-8-16-9-60-29-22(28(48)42(29)23(16)30(49)50)38-27(47)21(17-10-61-33(35)37-17)41-58-24(31(51)52)15-6-18(55-12(2)44)25(57-14(4)46)19(7-15)56-13(3)45/h5-7,10,22,24,29H,8-9H2,1-4H3,(H2,35,37)(H,38,47)(H,49,50)(H,51,52)(H,53,54)/t22-,24+,29-/m1/s1. The van der Waals surface area contributed by atoms with Gasteiger partial charge in [0.1, 0.15) is 27.8 Å². The summed E-state index contributed by atoms with van der Waals surface area (Å²) in [6, 6.07) is 2.17. The maximum Gasteiger partial charge on any atom is 0.375 e. The number of aromatic nitrogens is 5. The van der Waals surface area contributed by atoms with Crippen molar-refractivity contribution in [2.45, 2.75) is 50.2 Å². The number of rotatable bonds is 15. The number of carboxylic acids is 3. The Morgan fingerprint density at radius 3 is 2.18 bits per heavy atom. The van der Waals surface area contributed by atoms with Gasteiger partial charge in [-0.05, 0) is 30.7 Å². The fourth-order valence-corrected chi connectivity index (χ4v) is 8.80. The number of carbonyl (C=O) groups is 8. The number of benzene rings is 1. The number of carboxylic acid groups (broad SMARTS) is 3. The number of nitrogen functional groups attached to an aromatic ring is 1. The first-order chi connectivity index (χ1) is 28.8. The smallest absolute Gasteiger partial charge is 0.375 e. The zero-order valence-corrected chi connectivity index (χ0v) is 34.1. The van der Waals surface area contributed by atoms with Crippen LogP contribution in [0.25, 0.3) is 5.78 Å². The topological polar surface area (TPSA) is 344 Å². The number of esters is 3. The van der Waals surface area contributed by atoms with Crippen molar-refractivity contribution in [1.29, 1.82) is 0 Å². The molecule has 3 atom stereocenters. The molecule has 1 fully saturated rings. The van der Waals surface area contributed by atoms with Crippen molar-refractivity contribution in [3.63, 3.8) is 0 Å². The van der Waals surface area contributed by atoms with Crippen molar-refractivity contribution in [2.75, 3.05) is 17.2 Å². The molecule has 0 radical (unpaired) electrons. The van der Waals surface area contributed by atoms with Crippen LogP contribution < -0.4 is 25.3 Å². The van der Waals surface area contributed by atoms with Crippen LogP contribution in [0.5, 0.6) is 17.2 Å². The molecule has 24 nitrogen and oxygen atoms in total. The monoisotopic (exact) mass is 899 g/mol. The molecule has 3 aromatic heterocycles. The number of aromatic carboxylic acids is 1. The summed E-state index contributed by atoms with van der Waals surface area (Å²) in [5.41, 5.74) is 5.05. The Balaban J connectivity index is 1.26. The molecule has 318 valence electrons. The van der Waals surface area contributed by atoms with Crippen molar-refractivity contribution in [2.24, 2.45) is 5.16 Å². The predicted octanol–water partition coefficient (Wildman–Crippen LogP) is 1.02.